The van der Waals surface area contributed by atoms with Crippen molar-refractivity contribution in [3.05, 3.63) is 52.9 Å². The van der Waals surface area contributed by atoms with Gasteiger partial charge in [-0.05, 0) is 82.1 Å². The first-order chi connectivity index (χ1) is 16.9. The second-order valence-corrected chi connectivity index (χ2v) is 9.75. The average molecular weight is 499 g/mol. The number of piperidine rings is 1. The van der Waals surface area contributed by atoms with Crippen molar-refractivity contribution in [3.8, 4) is 17.0 Å². The average Bonchev–Trinajstić information content (AvgIpc) is 2.83. The fourth-order valence-electron chi connectivity index (χ4n) is 4.40. The fourth-order valence-corrected chi connectivity index (χ4v) is 4.58. The molecule has 2 aromatic heterocycles. The number of benzene rings is 1. The van der Waals surface area contributed by atoms with Crippen LogP contribution in [0.5, 0.6) is 5.75 Å². The van der Waals surface area contributed by atoms with E-state index in [0.29, 0.717) is 34.8 Å². The molecule has 0 aliphatic carbocycles. The van der Waals surface area contributed by atoms with Crippen molar-refractivity contribution in [2.45, 2.75) is 52.0 Å². The highest BCUT2D eigenvalue weighted by Crippen LogP contribution is 2.30. The number of hydrogen-bond acceptors (Lipinski definition) is 5. The van der Waals surface area contributed by atoms with Gasteiger partial charge in [-0.1, -0.05) is 18.0 Å². The molecule has 1 aliphatic rings. The highest BCUT2D eigenvalue weighted by Gasteiger charge is 2.16. The summed E-state index contributed by atoms with van der Waals surface area (Å²) in [6, 6.07) is 8.26. The van der Waals surface area contributed by atoms with E-state index in [4.69, 9.17) is 21.3 Å². The Morgan fingerprint density at radius 2 is 2.00 bits per heavy atom. The van der Waals surface area contributed by atoms with E-state index in [1.54, 1.807) is 12.3 Å². The molecule has 1 aliphatic heterocycles. The molecule has 3 heterocycles. The van der Waals surface area contributed by atoms with E-state index in [2.05, 4.69) is 15.2 Å². The maximum Gasteiger partial charge on any atom is 0.224 e. The zero-order valence-corrected chi connectivity index (χ0v) is 21.1. The van der Waals surface area contributed by atoms with Crippen molar-refractivity contribution in [1.82, 2.24) is 20.2 Å². The van der Waals surface area contributed by atoms with Gasteiger partial charge in [0.25, 0.3) is 0 Å². The molecular weight excluding hydrogens is 467 g/mol. The van der Waals surface area contributed by atoms with Gasteiger partial charge in [0.2, 0.25) is 5.91 Å². The van der Waals surface area contributed by atoms with Crippen molar-refractivity contribution in [2.75, 3.05) is 26.2 Å². The monoisotopic (exact) mass is 498 g/mol. The van der Waals surface area contributed by atoms with Crippen LogP contribution < -0.4 is 10.1 Å². The smallest absolute Gasteiger partial charge is 0.224 e. The number of rotatable bonds is 9. The van der Waals surface area contributed by atoms with Gasteiger partial charge >= 0.3 is 0 Å². The van der Waals surface area contributed by atoms with Gasteiger partial charge in [-0.25, -0.2) is 14.4 Å². The van der Waals surface area contributed by atoms with Crippen LogP contribution in [0.25, 0.3) is 22.3 Å². The number of halogens is 2. The van der Waals surface area contributed by atoms with Gasteiger partial charge in [-0.2, -0.15) is 0 Å². The zero-order valence-electron chi connectivity index (χ0n) is 20.3. The molecule has 3 aromatic rings. The van der Waals surface area contributed by atoms with E-state index in [0.717, 1.165) is 18.4 Å². The first-order valence-corrected chi connectivity index (χ1v) is 12.7. The maximum absolute atomic E-state index is 13.8. The lowest BCUT2D eigenvalue weighted by molar-refractivity contribution is -0.120. The van der Waals surface area contributed by atoms with E-state index in [1.807, 2.05) is 26.0 Å². The van der Waals surface area contributed by atoms with Gasteiger partial charge in [-0.15, -0.1) is 0 Å². The number of carbonyl (C=O) groups excluding carboxylic acids is 1. The number of nitrogens with zero attached hydrogens (tertiary/aromatic N) is 3. The lowest BCUT2D eigenvalue weighted by atomic mass is 10.0. The SMILES string of the molecule is CC(C)NC(=O)Cc1cc2cc(OCCCN3CCCCC3)cnc2nc1-c1ccc(F)c(Cl)c1. The molecule has 0 spiro atoms. The van der Waals surface area contributed by atoms with Crippen molar-refractivity contribution >= 4 is 28.5 Å². The number of fused-ring (bicyclic) bond motifs is 1. The number of hydrogen-bond donors (Lipinski definition) is 1. The molecule has 1 amide bonds. The van der Waals surface area contributed by atoms with Crippen LogP contribution in [-0.2, 0) is 11.2 Å². The number of pyridine rings is 2. The Bertz CT molecular complexity index is 1180. The standard InChI is InChI=1S/C27H32ClFN4O2/c1-18(2)31-25(34)16-20-13-21-14-22(35-12-6-11-33-9-4-3-5-10-33)17-30-27(21)32-26(20)19-7-8-24(29)23(28)15-19/h7-8,13-15,17-18H,3-6,9-12,16H2,1-2H3,(H,31,34). The van der Waals surface area contributed by atoms with Crippen molar-refractivity contribution in [1.29, 1.82) is 0 Å². The molecule has 35 heavy (non-hydrogen) atoms. The molecule has 1 aromatic carbocycles. The van der Waals surface area contributed by atoms with E-state index in [1.165, 1.54) is 44.5 Å². The third kappa shape index (κ3) is 6.89. The van der Waals surface area contributed by atoms with E-state index < -0.39 is 5.82 Å². The predicted octanol–water partition coefficient (Wildman–Crippen LogP) is 5.41. The van der Waals surface area contributed by atoms with E-state index in [-0.39, 0.29) is 23.4 Å². The summed E-state index contributed by atoms with van der Waals surface area (Å²) in [7, 11) is 0. The summed E-state index contributed by atoms with van der Waals surface area (Å²) in [6.45, 7) is 7.84. The summed E-state index contributed by atoms with van der Waals surface area (Å²) in [5.41, 5.74) is 2.42. The fraction of sp³-hybridized carbons (Fsp3) is 0.444. The highest BCUT2D eigenvalue weighted by molar-refractivity contribution is 6.31. The van der Waals surface area contributed by atoms with Crippen molar-refractivity contribution in [3.63, 3.8) is 0 Å². The van der Waals surface area contributed by atoms with Crippen LogP contribution in [-0.4, -0.2) is 53.1 Å². The number of ether oxygens (including phenoxy) is 1. The normalized spacial score (nSPS) is 14.4. The molecule has 1 saturated heterocycles. The molecule has 0 saturated carbocycles. The Labute approximate surface area is 210 Å². The third-order valence-corrected chi connectivity index (χ3v) is 6.34. The second kappa shape index (κ2) is 11.8. The van der Waals surface area contributed by atoms with Crippen LogP contribution in [0.1, 0.15) is 45.1 Å². The minimum Gasteiger partial charge on any atom is -0.492 e. The van der Waals surface area contributed by atoms with Crippen LogP contribution in [0.15, 0.2) is 36.5 Å². The molecule has 186 valence electrons. The minimum atomic E-state index is -0.504. The quantitative estimate of drug-likeness (QED) is 0.399. The second-order valence-electron chi connectivity index (χ2n) is 9.35. The van der Waals surface area contributed by atoms with Crippen LogP contribution in [0.2, 0.25) is 5.02 Å². The summed E-state index contributed by atoms with van der Waals surface area (Å²) in [5.74, 6) is 0.0531. The van der Waals surface area contributed by atoms with E-state index in [9.17, 15) is 9.18 Å². The summed E-state index contributed by atoms with van der Waals surface area (Å²) >= 11 is 6.02. The summed E-state index contributed by atoms with van der Waals surface area (Å²) in [6.07, 6.45) is 6.66. The summed E-state index contributed by atoms with van der Waals surface area (Å²) in [5, 5.41) is 3.70. The maximum atomic E-state index is 13.8. The Morgan fingerprint density at radius 1 is 1.20 bits per heavy atom. The predicted molar refractivity (Wildman–Crippen MR) is 137 cm³/mol. The van der Waals surface area contributed by atoms with Crippen LogP contribution in [0.4, 0.5) is 4.39 Å². The van der Waals surface area contributed by atoms with Gasteiger partial charge in [0.1, 0.15) is 11.6 Å². The molecule has 4 rings (SSSR count). The molecule has 0 radical (unpaired) electrons. The van der Waals surface area contributed by atoms with Crippen LogP contribution in [0, 0.1) is 5.82 Å². The van der Waals surface area contributed by atoms with Gasteiger partial charge in [0.15, 0.2) is 5.65 Å². The number of likely N-dealkylation sites (tertiary alicyclic amines) is 1. The Balaban J connectivity index is 1.55. The molecule has 0 unspecified atom stereocenters. The van der Waals surface area contributed by atoms with Crippen LogP contribution >= 0.6 is 11.6 Å². The van der Waals surface area contributed by atoms with Gasteiger partial charge in [-0.3, -0.25) is 4.79 Å². The summed E-state index contributed by atoms with van der Waals surface area (Å²) < 4.78 is 19.7. The zero-order chi connectivity index (χ0) is 24.8. The molecule has 0 bridgehead atoms. The van der Waals surface area contributed by atoms with Crippen molar-refractivity contribution < 1.29 is 13.9 Å². The molecule has 8 heteroatoms. The Kier molecular flexibility index (Phi) is 8.52. The first-order valence-electron chi connectivity index (χ1n) is 12.3. The van der Waals surface area contributed by atoms with Crippen molar-refractivity contribution in [2.24, 2.45) is 0 Å². The number of carbonyl (C=O) groups is 1. The molecule has 1 N–H and O–H groups in total. The Morgan fingerprint density at radius 3 is 2.74 bits per heavy atom. The molecule has 1 fully saturated rings. The van der Waals surface area contributed by atoms with Gasteiger partial charge < -0.3 is 15.0 Å². The lowest BCUT2D eigenvalue weighted by Gasteiger charge is -2.26. The Hall–Kier alpha value is -2.77. The third-order valence-electron chi connectivity index (χ3n) is 6.05. The first kappa shape index (κ1) is 25.3. The number of nitrogens with one attached hydrogen (secondary N) is 1. The minimum absolute atomic E-state index is 0.00300. The van der Waals surface area contributed by atoms with Gasteiger partial charge in [0.05, 0.1) is 29.9 Å². The highest BCUT2D eigenvalue weighted by atomic mass is 35.5. The summed E-state index contributed by atoms with van der Waals surface area (Å²) in [4.78, 5) is 24.3. The van der Waals surface area contributed by atoms with Gasteiger partial charge in [0, 0.05) is 23.5 Å². The van der Waals surface area contributed by atoms with Crippen LogP contribution in [0.3, 0.4) is 0 Å². The molecule has 0 atom stereocenters. The van der Waals surface area contributed by atoms with E-state index >= 15 is 0 Å². The lowest BCUT2D eigenvalue weighted by Crippen LogP contribution is -2.31. The topological polar surface area (TPSA) is 67.3 Å². The number of aromatic nitrogens is 2. The molecule has 6 nitrogen and oxygen atoms in total. The largest absolute Gasteiger partial charge is 0.492 e. The molecular formula is C27H32ClFN4O2. The number of amides is 1.